The van der Waals surface area contributed by atoms with Gasteiger partial charge < -0.3 is 20.6 Å². The Morgan fingerprint density at radius 1 is 1.00 bits per heavy atom. The summed E-state index contributed by atoms with van der Waals surface area (Å²) >= 11 is 0. The second-order valence-electron chi connectivity index (χ2n) is 9.35. The largest absolute Gasteiger partial charge is 0.478 e. The van der Waals surface area contributed by atoms with Gasteiger partial charge in [0.2, 0.25) is 5.91 Å². The molecule has 4 rings (SSSR count). The van der Waals surface area contributed by atoms with Gasteiger partial charge >= 0.3 is 5.97 Å². The minimum absolute atomic E-state index is 0.0179. The maximum atomic E-state index is 12.5. The SMILES string of the molecule is CC(C)CNC(=O)CN1CCN(c2cc(C(=O)O)c3cc(NC(=O)c4ccccc4)ccc3n2)CC1. The second-order valence-corrected chi connectivity index (χ2v) is 9.35. The van der Waals surface area contributed by atoms with Crippen LogP contribution in [0.2, 0.25) is 0 Å². The van der Waals surface area contributed by atoms with E-state index in [9.17, 15) is 19.5 Å². The number of carboxylic acid groups (broad SMARTS) is 1. The summed E-state index contributed by atoms with van der Waals surface area (Å²) in [6.45, 7) is 7.77. The molecule has 2 heterocycles. The molecule has 0 radical (unpaired) electrons. The summed E-state index contributed by atoms with van der Waals surface area (Å²) < 4.78 is 0. The molecule has 188 valence electrons. The number of carboxylic acids is 1. The van der Waals surface area contributed by atoms with Crippen LogP contribution in [0, 0.1) is 5.92 Å². The average Bonchev–Trinajstić information content (AvgIpc) is 2.87. The number of amides is 2. The van der Waals surface area contributed by atoms with Crippen molar-refractivity contribution in [1.29, 1.82) is 0 Å². The number of nitrogens with one attached hydrogen (secondary N) is 2. The predicted molar refractivity (Wildman–Crippen MR) is 140 cm³/mol. The molecule has 0 saturated carbocycles. The Balaban J connectivity index is 1.47. The molecule has 3 aromatic rings. The van der Waals surface area contributed by atoms with E-state index in [0.29, 0.717) is 73.2 Å². The molecule has 36 heavy (non-hydrogen) atoms. The standard InChI is InChI=1S/C27H31N5O4/c1-18(2)16-28-25(33)17-31-10-12-32(13-11-31)24-15-22(27(35)36)21-14-20(8-9-23(21)30-24)29-26(34)19-6-4-3-5-7-19/h3-9,14-15,18H,10-13,16-17H2,1-2H3,(H,28,33)(H,29,34)(H,35,36). The lowest BCUT2D eigenvalue weighted by Gasteiger charge is -2.35. The summed E-state index contributed by atoms with van der Waals surface area (Å²) in [5.41, 5.74) is 1.68. The van der Waals surface area contributed by atoms with Crippen molar-refractivity contribution < 1.29 is 19.5 Å². The first-order valence-corrected chi connectivity index (χ1v) is 12.1. The Morgan fingerprint density at radius 2 is 1.72 bits per heavy atom. The molecule has 9 nitrogen and oxygen atoms in total. The number of piperazine rings is 1. The first-order valence-electron chi connectivity index (χ1n) is 12.1. The number of pyridine rings is 1. The zero-order valence-electron chi connectivity index (χ0n) is 20.5. The van der Waals surface area contributed by atoms with Crippen LogP contribution in [0.15, 0.2) is 54.6 Å². The lowest BCUT2D eigenvalue weighted by Crippen LogP contribution is -2.50. The van der Waals surface area contributed by atoms with Crippen LogP contribution in [0.4, 0.5) is 11.5 Å². The fourth-order valence-electron chi connectivity index (χ4n) is 4.13. The van der Waals surface area contributed by atoms with E-state index in [2.05, 4.69) is 29.4 Å². The molecular formula is C27H31N5O4. The average molecular weight is 490 g/mol. The van der Waals surface area contributed by atoms with Crippen molar-refractivity contribution in [3.63, 3.8) is 0 Å². The third-order valence-corrected chi connectivity index (χ3v) is 6.09. The Labute approximate surface area is 210 Å². The Kier molecular flexibility index (Phi) is 7.80. The summed E-state index contributed by atoms with van der Waals surface area (Å²) in [4.78, 5) is 45.6. The number of carbonyl (C=O) groups excluding carboxylic acids is 2. The number of rotatable bonds is 8. The van der Waals surface area contributed by atoms with Crippen molar-refractivity contribution in [2.45, 2.75) is 13.8 Å². The van der Waals surface area contributed by atoms with Crippen molar-refractivity contribution in [3.8, 4) is 0 Å². The van der Waals surface area contributed by atoms with Gasteiger partial charge in [0.15, 0.2) is 0 Å². The van der Waals surface area contributed by atoms with Gasteiger partial charge in [-0.15, -0.1) is 0 Å². The number of hydrogen-bond acceptors (Lipinski definition) is 6. The van der Waals surface area contributed by atoms with Gasteiger partial charge in [0, 0.05) is 49.4 Å². The number of fused-ring (bicyclic) bond motifs is 1. The molecule has 1 aliphatic heterocycles. The van der Waals surface area contributed by atoms with Crippen LogP contribution in [0.1, 0.15) is 34.6 Å². The molecule has 0 atom stereocenters. The fraction of sp³-hybridized carbons (Fsp3) is 0.333. The number of aromatic carboxylic acids is 1. The number of benzene rings is 2. The normalized spacial score (nSPS) is 14.1. The maximum absolute atomic E-state index is 12.5. The van der Waals surface area contributed by atoms with Crippen LogP contribution >= 0.6 is 0 Å². The molecular weight excluding hydrogens is 458 g/mol. The lowest BCUT2D eigenvalue weighted by molar-refractivity contribution is -0.122. The third-order valence-electron chi connectivity index (χ3n) is 6.09. The highest BCUT2D eigenvalue weighted by atomic mass is 16.4. The van der Waals surface area contributed by atoms with Gasteiger partial charge in [0.05, 0.1) is 17.6 Å². The summed E-state index contributed by atoms with van der Waals surface area (Å²) in [5.74, 6) is -0.318. The monoisotopic (exact) mass is 489 g/mol. The van der Waals surface area contributed by atoms with Crippen LogP contribution in [0.3, 0.4) is 0 Å². The topological polar surface area (TPSA) is 115 Å². The number of hydrogen-bond donors (Lipinski definition) is 3. The van der Waals surface area contributed by atoms with Crippen molar-refractivity contribution >= 4 is 40.2 Å². The molecule has 0 aliphatic carbocycles. The van der Waals surface area contributed by atoms with Crippen LogP contribution in [0.5, 0.6) is 0 Å². The van der Waals surface area contributed by atoms with E-state index >= 15 is 0 Å². The van der Waals surface area contributed by atoms with Gasteiger partial charge in [-0.3, -0.25) is 14.5 Å². The van der Waals surface area contributed by atoms with Gasteiger partial charge in [-0.2, -0.15) is 0 Å². The van der Waals surface area contributed by atoms with Crippen molar-refractivity contribution in [2.75, 3.05) is 49.5 Å². The first kappa shape index (κ1) is 25.1. The minimum atomic E-state index is -1.06. The molecule has 2 amide bonds. The smallest absolute Gasteiger partial charge is 0.336 e. The summed E-state index contributed by atoms with van der Waals surface area (Å²) in [5, 5.41) is 16.1. The molecule has 1 fully saturated rings. The van der Waals surface area contributed by atoms with E-state index in [-0.39, 0.29) is 17.4 Å². The van der Waals surface area contributed by atoms with E-state index in [0.717, 1.165) is 0 Å². The number of carbonyl (C=O) groups is 3. The molecule has 1 saturated heterocycles. The van der Waals surface area contributed by atoms with Gasteiger partial charge in [0.1, 0.15) is 5.82 Å². The highest BCUT2D eigenvalue weighted by Gasteiger charge is 2.22. The highest BCUT2D eigenvalue weighted by Crippen LogP contribution is 2.27. The van der Waals surface area contributed by atoms with E-state index in [1.54, 1.807) is 48.5 Å². The fourth-order valence-corrected chi connectivity index (χ4v) is 4.13. The molecule has 0 spiro atoms. The van der Waals surface area contributed by atoms with Crippen molar-refractivity contribution in [3.05, 3.63) is 65.7 Å². The molecule has 3 N–H and O–H groups in total. The van der Waals surface area contributed by atoms with Crippen molar-refractivity contribution in [2.24, 2.45) is 5.92 Å². The molecule has 0 unspecified atom stereocenters. The molecule has 0 bridgehead atoms. The predicted octanol–water partition coefficient (Wildman–Crippen LogP) is 3.08. The second kappa shape index (κ2) is 11.2. The van der Waals surface area contributed by atoms with Gasteiger partial charge in [-0.25, -0.2) is 9.78 Å². The first-order chi connectivity index (χ1) is 17.3. The molecule has 1 aromatic heterocycles. The lowest BCUT2D eigenvalue weighted by atomic mass is 10.1. The zero-order chi connectivity index (χ0) is 25.7. The maximum Gasteiger partial charge on any atom is 0.336 e. The molecule has 2 aromatic carbocycles. The van der Waals surface area contributed by atoms with Gasteiger partial charge in [-0.1, -0.05) is 32.0 Å². The van der Waals surface area contributed by atoms with E-state index in [4.69, 9.17) is 4.98 Å². The Bertz CT molecular complexity index is 1250. The van der Waals surface area contributed by atoms with E-state index < -0.39 is 5.97 Å². The summed E-state index contributed by atoms with van der Waals surface area (Å²) in [6.07, 6.45) is 0. The highest BCUT2D eigenvalue weighted by molar-refractivity contribution is 6.08. The number of aromatic nitrogens is 1. The quantitative estimate of drug-likeness (QED) is 0.445. The minimum Gasteiger partial charge on any atom is -0.478 e. The van der Waals surface area contributed by atoms with Crippen LogP contribution in [-0.2, 0) is 4.79 Å². The third kappa shape index (κ3) is 6.17. The van der Waals surface area contributed by atoms with Gasteiger partial charge in [0.25, 0.3) is 5.91 Å². The summed E-state index contributed by atoms with van der Waals surface area (Å²) in [7, 11) is 0. The van der Waals surface area contributed by atoms with E-state index in [1.165, 1.54) is 0 Å². The molecule has 9 heteroatoms. The van der Waals surface area contributed by atoms with Gasteiger partial charge in [-0.05, 0) is 42.3 Å². The van der Waals surface area contributed by atoms with Crippen LogP contribution in [0.25, 0.3) is 10.9 Å². The van der Waals surface area contributed by atoms with Crippen molar-refractivity contribution in [1.82, 2.24) is 15.2 Å². The zero-order valence-corrected chi connectivity index (χ0v) is 20.5. The van der Waals surface area contributed by atoms with Crippen LogP contribution in [-0.4, -0.2) is 72.0 Å². The van der Waals surface area contributed by atoms with Crippen LogP contribution < -0.4 is 15.5 Å². The number of anilines is 2. The summed E-state index contributed by atoms with van der Waals surface area (Å²) in [6, 6.07) is 15.5. The Hall–Kier alpha value is -3.98. The number of nitrogens with zero attached hydrogens (tertiary/aromatic N) is 3. The molecule has 1 aliphatic rings. The van der Waals surface area contributed by atoms with E-state index in [1.807, 2.05) is 11.0 Å². The Morgan fingerprint density at radius 3 is 2.39 bits per heavy atom.